The SMILES string of the molecule is O=C1CC[C@H]2CCCC(=O)[C@H]2C1. The third-order valence-corrected chi connectivity index (χ3v) is 3.22. The van der Waals surface area contributed by atoms with Gasteiger partial charge in [-0.1, -0.05) is 0 Å². The van der Waals surface area contributed by atoms with E-state index in [4.69, 9.17) is 0 Å². The first kappa shape index (κ1) is 7.96. The average Bonchev–Trinajstić information content (AvgIpc) is 2.07. The minimum absolute atomic E-state index is 0.111. The van der Waals surface area contributed by atoms with Gasteiger partial charge in [-0.3, -0.25) is 9.59 Å². The van der Waals surface area contributed by atoms with Gasteiger partial charge in [-0.2, -0.15) is 0 Å². The van der Waals surface area contributed by atoms with E-state index in [1.54, 1.807) is 0 Å². The molecule has 0 aromatic rings. The third-order valence-electron chi connectivity index (χ3n) is 3.22. The molecule has 2 nitrogen and oxygen atoms in total. The summed E-state index contributed by atoms with van der Waals surface area (Å²) in [5.74, 6) is 1.30. The maximum absolute atomic E-state index is 11.4. The first-order valence-electron chi connectivity index (χ1n) is 4.82. The number of ketones is 2. The number of fused-ring (bicyclic) bond motifs is 1. The molecular weight excluding hydrogens is 152 g/mol. The van der Waals surface area contributed by atoms with Crippen molar-refractivity contribution in [2.45, 2.75) is 38.5 Å². The summed E-state index contributed by atoms with van der Waals surface area (Å²) >= 11 is 0. The molecule has 0 saturated heterocycles. The maximum atomic E-state index is 11.4. The van der Waals surface area contributed by atoms with Crippen LogP contribution in [0.3, 0.4) is 0 Å². The molecule has 0 amide bonds. The van der Waals surface area contributed by atoms with Crippen LogP contribution in [0.2, 0.25) is 0 Å². The number of Topliss-reactive ketones (excluding diaryl/α,β-unsaturated/α-hetero) is 2. The van der Waals surface area contributed by atoms with Crippen LogP contribution in [0.25, 0.3) is 0 Å². The van der Waals surface area contributed by atoms with Gasteiger partial charge in [0.05, 0.1) is 0 Å². The molecule has 12 heavy (non-hydrogen) atoms. The highest BCUT2D eigenvalue weighted by atomic mass is 16.1. The van der Waals surface area contributed by atoms with Crippen molar-refractivity contribution in [2.24, 2.45) is 11.8 Å². The Morgan fingerprint density at radius 1 is 1.08 bits per heavy atom. The molecule has 0 heterocycles. The Balaban J connectivity index is 2.10. The Bertz CT molecular complexity index is 220. The molecule has 2 fully saturated rings. The summed E-state index contributed by atoms with van der Waals surface area (Å²) in [6.45, 7) is 0. The lowest BCUT2D eigenvalue weighted by molar-refractivity contribution is -0.134. The molecule has 66 valence electrons. The van der Waals surface area contributed by atoms with Gasteiger partial charge >= 0.3 is 0 Å². The number of carbonyl (C=O) groups excluding carboxylic acids is 2. The first-order chi connectivity index (χ1) is 5.77. The topological polar surface area (TPSA) is 34.1 Å². The Labute approximate surface area is 72.3 Å². The van der Waals surface area contributed by atoms with Gasteiger partial charge in [0, 0.05) is 25.2 Å². The van der Waals surface area contributed by atoms with E-state index < -0.39 is 0 Å². The number of hydrogen-bond donors (Lipinski definition) is 0. The number of hydrogen-bond acceptors (Lipinski definition) is 2. The highest BCUT2D eigenvalue weighted by Crippen LogP contribution is 2.36. The van der Waals surface area contributed by atoms with Crippen LogP contribution < -0.4 is 0 Å². The summed E-state index contributed by atoms with van der Waals surface area (Å²) in [4.78, 5) is 22.5. The molecule has 0 radical (unpaired) electrons. The fourth-order valence-electron chi connectivity index (χ4n) is 2.51. The first-order valence-corrected chi connectivity index (χ1v) is 4.82. The van der Waals surface area contributed by atoms with Gasteiger partial charge in [-0.05, 0) is 25.2 Å². The molecule has 2 rings (SSSR count). The molecule has 0 aromatic heterocycles. The van der Waals surface area contributed by atoms with Crippen LogP contribution >= 0.6 is 0 Å². The summed E-state index contributed by atoms with van der Waals surface area (Å²) < 4.78 is 0. The van der Waals surface area contributed by atoms with Gasteiger partial charge in [-0.25, -0.2) is 0 Å². The van der Waals surface area contributed by atoms with E-state index in [9.17, 15) is 9.59 Å². The van der Waals surface area contributed by atoms with Crippen LogP contribution in [0.4, 0.5) is 0 Å². The molecular formula is C10H14O2. The van der Waals surface area contributed by atoms with Crippen LogP contribution in [0.15, 0.2) is 0 Å². The molecule has 2 atom stereocenters. The summed E-state index contributed by atoms with van der Waals surface area (Å²) in [6.07, 6.45) is 5.17. The van der Waals surface area contributed by atoms with E-state index in [1.165, 1.54) is 6.42 Å². The molecule has 0 spiro atoms. The van der Waals surface area contributed by atoms with E-state index in [0.29, 0.717) is 36.7 Å². The Morgan fingerprint density at radius 2 is 1.92 bits per heavy atom. The van der Waals surface area contributed by atoms with Gasteiger partial charge in [0.15, 0.2) is 0 Å². The highest BCUT2D eigenvalue weighted by molar-refractivity contribution is 5.89. The monoisotopic (exact) mass is 166 g/mol. The van der Waals surface area contributed by atoms with Crippen molar-refractivity contribution in [3.63, 3.8) is 0 Å². The predicted molar refractivity (Wildman–Crippen MR) is 44.7 cm³/mol. The fourth-order valence-corrected chi connectivity index (χ4v) is 2.51. The molecule has 2 heteroatoms. The molecule has 2 aliphatic carbocycles. The van der Waals surface area contributed by atoms with E-state index >= 15 is 0 Å². The minimum Gasteiger partial charge on any atom is -0.300 e. The van der Waals surface area contributed by atoms with Crippen LogP contribution in [-0.2, 0) is 9.59 Å². The zero-order chi connectivity index (χ0) is 8.55. The van der Waals surface area contributed by atoms with Crippen molar-refractivity contribution < 1.29 is 9.59 Å². The van der Waals surface area contributed by atoms with E-state index in [1.807, 2.05) is 0 Å². The van der Waals surface area contributed by atoms with Crippen molar-refractivity contribution in [1.82, 2.24) is 0 Å². The second kappa shape index (κ2) is 3.00. The summed E-state index contributed by atoms with van der Waals surface area (Å²) in [6, 6.07) is 0. The van der Waals surface area contributed by atoms with Gasteiger partial charge in [0.25, 0.3) is 0 Å². The standard InChI is InChI=1S/C10H14O2/c11-8-5-4-7-2-1-3-10(12)9(7)6-8/h7,9H,1-6H2/t7-,9+/m1/s1. The van der Waals surface area contributed by atoms with Crippen molar-refractivity contribution >= 4 is 11.6 Å². The van der Waals surface area contributed by atoms with Crippen molar-refractivity contribution in [1.29, 1.82) is 0 Å². The quantitative estimate of drug-likeness (QED) is 0.549. The van der Waals surface area contributed by atoms with Gasteiger partial charge < -0.3 is 0 Å². The zero-order valence-corrected chi connectivity index (χ0v) is 7.21. The predicted octanol–water partition coefficient (Wildman–Crippen LogP) is 1.72. The molecule has 0 aromatic carbocycles. The lowest BCUT2D eigenvalue weighted by Gasteiger charge is -2.33. The fraction of sp³-hybridized carbons (Fsp3) is 0.800. The normalized spacial score (nSPS) is 36.3. The largest absolute Gasteiger partial charge is 0.300 e. The van der Waals surface area contributed by atoms with Gasteiger partial charge in [0.2, 0.25) is 0 Å². The van der Waals surface area contributed by atoms with E-state index in [-0.39, 0.29) is 5.92 Å². The van der Waals surface area contributed by atoms with Crippen LogP contribution in [0.5, 0.6) is 0 Å². The lowest BCUT2D eigenvalue weighted by Crippen LogP contribution is -2.34. The second-order valence-electron chi connectivity index (χ2n) is 4.01. The smallest absolute Gasteiger partial charge is 0.136 e. The second-order valence-corrected chi connectivity index (χ2v) is 4.01. The van der Waals surface area contributed by atoms with Crippen molar-refractivity contribution in [3.8, 4) is 0 Å². The van der Waals surface area contributed by atoms with Gasteiger partial charge in [0.1, 0.15) is 11.6 Å². The van der Waals surface area contributed by atoms with E-state index in [0.717, 1.165) is 12.8 Å². The van der Waals surface area contributed by atoms with Crippen molar-refractivity contribution in [2.75, 3.05) is 0 Å². The van der Waals surface area contributed by atoms with Crippen LogP contribution in [0.1, 0.15) is 38.5 Å². The molecule has 2 aliphatic rings. The zero-order valence-electron chi connectivity index (χ0n) is 7.21. The van der Waals surface area contributed by atoms with E-state index in [2.05, 4.69) is 0 Å². The van der Waals surface area contributed by atoms with Crippen LogP contribution in [-0.4, -0.2) is 11.6 Å². The number of rotatable bonds is 0. The van der Waals surface area contributed by atoms with Crippen LogP contribution in [0, 0.1) is 11.8 Å². The summed E-state index contributed by atoms with van der Waals surface area (Å²) in [5.41, 5.74) is 0. The summed E-state index contributed by atoms with van der Waals surface area (Å²) in [5, 5.41) is 0. The Kier molecular flexibility index (Phi) is 1.99. The Morgan fingerprint density at radius 3 is 2.75 bits per heavy atom. The van der Waals surface area contributed by atoms with Crippen molar-refractivity contribution in [3.05, 3.63) is 0 Å². The lowest BCUT2D eigenvalue weighted by atomic mass is 9.70. The summed E-state index contributed by atoms with van der Waals surface area (Å²) in [7, 11) is 0. The highest BCUT2D eigenvalue weighted by Gasteiger charge is 2.36. The number of carbonyl (C=O) groups is 2. The molecule has 2 saturated carbocycles. The van der Waals surface area contributed by atoms with Gasteiger partial charge in [-0.15, -0.1) is 0 Å². The maximum Gasteiger partial charge on any atom is 0.136 e. The third kappa shape index (κ3) is 1.30. The average molecular weight is 166 g/mol. The molecule has 0 N–H and O–H groups in total. The molecule has 0 unspecified atom stereocenters. The minimum atomic E-state index is 0.111. The molecule has 0 aliphatic heterocycles. The Hall–Kier alpha value is -0.660. The molecule has 0 bridgehead atoms.